The van der Waals surface area contributed by atoms with Gasteiger partial charge in [-0.05, 0) is 37.1 Å². The summed E-state index contributed by atoms with van der Waals surface area (Å²) in [4.78, 5) is 6.70. The molecule has 0 radical (unpaired) electrons. The highest BCUT2D eigenvalue weighted by atomic mass is 32.2. The van der Waals surface area contributed by atoms with Gasteiger partial charge in [-0.3, -0.25) is 4.90 Å². The van der Waals surface area contributed by atoms with Crippen molar-refractivity contribution in [2.24, 2.45) is 0 Å². The van der Waals surface area contributed by atoms with Crippen molar-refractivity contribution in [2.75, 3.05) is 13.1 Å². The Morgan fingerprint density at radius 1 is 1.22 bits per heavy atom. The van der Waals surface area contributed by atoms with Crippen LogP contribution in [-0.4, -0.2) is 42.6 Å². The van der Waals surface area contributed by atoms with Crippen LogP contribution in [0.25, 0.3) is 0 Å². The number of aromatic nitrogens is 2. The summed E-state index contributed by atoms with van der Waals surface area (Å²) in [6.45, 7) is 8.10. The van der Waals surface area contributed by atoms with Crippen LogP contribution in [-0.2, 0) is 22.0 Å². The monoisotopic (exact) mass is 396 g/mol. The Morgan fingerprint density at radius 3 is 2.41 bits per heavy atom. The molecule has 1 aromatic heterocycles. The molecule has 1 N–H and O–H groups in total. The summed E-state index contributed by atoms with van der Waals surface area (Å²) in [7, 11) is -3.64. The summed E-state index contributed by atoms with van der Waals surface area (Å²) in [6, 6.07) is 4.69. The number of rotatable bonds is 5. The van der Waals surface area contributed by atoms with E-state index in [1.807, 2.05) is 20.8 Å². The number of sulfonamides is 1. The molecule has 0 saturated carbocycles. The van der Waals surface area contributed by atoms with Crippen LogP contribution in [0.5, 0.6) is 0 Å². The Morgan fingerprint density at radius 2 is 1.85 bits per heavy atom. The molecule has 0 bridgehead atoms. The van der Waals surface area contributed by atoms with Gasteiger partial charge in [0.2, 0.25) is 15.9 Å². The smallest absolute Gasteiger partial charge is 0.240 e. The van der Waals surface area contributed by atoms with Crippen LogP contribution in [0.3, 0.4) is 0 Å². The van der Waals surface area contributed by atoms with Crippen LogP contribution in [0.2, 0.25) is 0 Å². The van der Waals surface area contributed by atoms with E-state index in [1.54, 1.807) is 0 Å². The predicted molar refractivity (Wildman–Crippen MR) is 98.0 cm³/mol. The Kier molecular flexibility index (Phi) is 5.64. The van der Waals surface area contributed by atoms with Crippen molar-refractivity contribution in [1.29, 1.82) is 0 Å². The maximum atomic E-state index is 13.0. The molecule has 27 heavy (non-hydrogen) atoms. The Balaban J connectivity index is 1.53. The van der Waals surface area contributed by atoms with Gasteiger partial charge in [0.15, 0.2) is 5.82 Å². The second-order valence-corrected chi connectivity index (χ2v) is 9.61. The van der Waals surface area contributed by atoms with Crippen LogP contribution in [0.4, 0.5) is 4.39 Å². The zero-order valence-corrected chi connectivity index (χ0v) is 16.6. The van der Waals surface area contributed by atoms with Crippen molar-refractivity contribution >= 4 is 10.0 Å². The lowest BCUT2D eigenvalue weighted by atomic mass is 9.97. The highest BCUT2D eigenvalue weighted by Crippen LogP contribution is 2.21. The molecule has 0 spiro atoms. The third-order valence-electron chi connectivity index (χ3n) is 4.51. The lowest BCUT2D eigenvalue weighted by Crippen LogP contribution is -2.44. The van der Waals surface area contributed by atoms with Gasteiger partial charge in [0.25, 0.3) is 0 Å². The van der Waals surface area contributed by atoms with Gasteiger partial charge in [-0.1, -0.05) is 25.9 Å². The molecular formula is C18H25FN4O3S. The normalized spacial score (nSPS) is 17.3. The number of piperidine rings is 1. The minimum Gasteiger partial charge on any atom is -0.339 e. The third-order valence-corrected chi connectivity index (χ3v) is 6.04. The fourth-order valence-corrected chi connectivity index (χ4v) is 4.24. The Hall–Kier alpha value is -1.84. The highest BCUT2D eigenvalue weighted by molar-refractivity contribution is 7.89. The molecule has 2 heterocycles. The van der Waals surface area contributed by atoms with E-state index in [2.05, 4.69) is 19.8 Å². The van der Waals surface area contributed by atoms with E-state index in [0.29, 0.717) is 31.1 Å². The average molecular weight is 396 g/mol. The van der Waals surface area contributed by atoms with E-state index in [4.69, 9.17) is 4.52 Å². The molecule has 9 heteroatoms. The molecule has 1 fully saturated rings. The summed E-state index contributed by atoms with van der Waals surface area (Å²) in [5.74, 6) is 0.794. The first-order valence-electron chi connectivity index (χ1n) is 8.97. The van der Waals surface area contributed by atoms with Gasteiger partial charge in [-0.2, -0.15) is 4.98 Å². The van der Waals surface area contributed by atoms with Crippen LogP contribution in [0.15, 0.2) is 33.7 Å². The number of hydrogen-bond acceptors (Lipinski definition) is 6. The molecule has 3 rings (SSSR count). The second kappa shape index (κ2) is 7.65. The van der Waals surface area contributed by atoms with E-state index in [0.717, 1.165) is 25.2 Å². The first-order valence-corrected chi connectivity index (χ1v) is 10.5. The van der Waals surface area contributed by atoms with Crippen molar-refractivity contribution in [3.8, 4) is 0 Å². The molecule has 1 aromatic carbocycles. The summed E-state index contributed by atoms with van der Waals surface area (Å²) in [5, 5.41) is 4.03. The van der Waals surface area contributed by atoms with E-state index in [-0.39, 0.29) is 16.4 Å². The van der Waals surface area contributed by atoms with E-state index in [9.17, 15) is 12.8 Å². The molecule has 0 unspecified atom stereocenters. The molecule has 7 nitrogen and oxygen atoms in total. The number of benzene rings is 1. The zero-order chi connectivity index (χ0) is 19.7. The van der Waals surface area contributed by atoms with Gasteiger partial charge < -0.3 is 4.52 Å². The molecule has 1 aliphatic heterocycles. The number of hydrogen-bond donors (Lipinski definition) is 1. The highest BCUT2D eigenvalue weighted by Gasteiger charge is 2.26. The Bertz CT molecular complexity index is 867. The van der Waals surface area contributed by atoms with Gasteiger partial charge in [-0.25, -0.2) is 17.5 Å². The van der Waals surface area contributed by atoms with E-state index in [1.165, 1.54) is 12.1 Å². The molecule has 148 valence electrons. The lowest BCUT2D eigenvalue weighted by molar-refractivity contribution is 0.193. The van der Waals surface area contributed by atoms with Crippen molar-refractivity contribution in [2.45, 2.75) is 56.5 Å². The first-order chi connectivity index (χ1) is 12.6. The summed E-state index contributed by atoms with van der Waals surface area (Å²) in [6.07, 6.45) is 1.37. The van der Waals surface area contributed by atoms with Crippen LogP contribution < -0.4 is 4.72 Å². The van der Waals surface area contributed by atoms with E-state index >= 15 is 0 Å². The zero-order valence-electron chi connectivity index (χ0n) is 15.8. The standard InChI is InChI=1S/C18H25FN4O3S/c1-18(2,3)17-20-16(21-26-17)12-23-10-8-14(9-11-23)22-27(24,25)15-6-4-13(19)5-7-15/h4-7,14,22H,8-12H2,1-3H3. The van der Waals surface area contributed by atoms with Gasteiger partial charge in [-0.15, -0.1) is 0 Å². The topological polar surface area (TPSA) is 88.3 Å². The molecule has 0 amide bonds. The summed E-state index contributed by atoms with van der Waals surface area (Å²) >= 11 is 0. The van der Waals surface area contributed by atoms with Crippen molar-refractivity contribution in [3.63, 3.8) is 0 Å². The fraction of sp³-hybridized carbons (Fsp3) is 0.556. The maximum absolute atomic E-state index is 13.0. The van der Waals surface area contributed by atoms with Gasteiger partial charge in [0.05, 0.1) is 11.4 Å². The first kappa shape index (κ1) is 19.9. The largest absolute Gasteiger partial charge is 0.339 e. The number of nitrogens with zero attached hydrogens (tertiary/aromatic N) is 3. The summed E-state index contributed by atoms with van der Waals surface area (Å²) in [5.41, 5.74) is -0.184. The van der Waals surface area contributed by atoms with Crippen LogP contribution >= 0.6 is 0 Å². The lowest BCUT2D eigenvalue weighted by Gasteiger charge is -2.31. The van der Waals surface area contributed by atoms with Crippen molar-refractivity contribution < 1.29 is 17.3 Å². The number of halogens is 1. The molecular weight excluding hydrogens is 371 g/mol. The fourth-order valence-electron chi connectivity index (χ4n) is 2.93. The predicted octanol–water partition coefficient (Wildman–Crippen LogP) is 2.45. The Labute approximate surface area is 159 Å². The number of likely N-dealkylation sites (tertiary alicyclic amines) is 1. The number of nitrogens with one attached hydrogen (secondary N) is 1. The summed E-state index contributed by atoms with van der Waals surface area (Å²) < 4.78 is 45.8. The minimum absolute atomic E-state index is 0.0767. The average Bonchev–Trinajstić information content (AvgIpc) is 3.06. The second-order valence-electron chi connectivity index (χ2n) is 7.89. The molecule has 0 aliphatic carbocycles. The van der Waals surface area contributed by atoms with Crippen LogP contribution in [0, 0.1) is 5.82 Å². The van der Waals surface area contributed by atoms with Crippen molar-refractivity contribution in [1.82, 2.24) is 19.8 Å². The quantitative estimate of drug-likeness (QED) is 0.835. The minimum atomic E-state index is -3.64. The maximum Gasteiger partial charge on any atom is 0.240 e. The molecule has 2 aromatic rings. The molecule has 1 aliphatic rings. The van der Waals surface area contributed by atoms with Crippen LogP contribution in [0.1, 0.15) is 45.3 Å². The van der Waals surface area contributed by atoms with E-state index < -0.39 is 15.8 Å². The molecule has 1 saturated heterocycles. The van der Waals surface area contributed by atoms with Crippen molar-refractivity contribution in [3.05, 3.63) is 41.8 Å². The SMILES string of the molecule is CC(C)(C)c1nc(CN2CCC(NS(=O)(=O)c3ccc(F)cc3)CC2)no1. The third kappa shape index (κ3) is 5.12. The van der Waals surface area contributed by atoms with Gasteiger partial charge >= 0.3 is 0 Å². The van der Waals surface area contributed by atoms with Gasteiger partial charge in [0.1, 0.15) is 5.82 Å². The molecule has 0 atom stereocenters. The van der Waals surface area contributed by atoms with Gasteiger partial charge in [0, 0.05) is 24.5 Å².